The Morgan fingerprint density at radius 1 is 1.03 bits per heavy atom. The van der Waals surface area contributed by atoms with Gasteiger partial charge in [-0.25, -0.2) is 4.98 Å². The largest absolute Gasteiger partial charge is 0.485 e. The van der Waals surface area contributed by atoms with Crippen LogP contribution in [0.5, 0.6) is 11.5 Å². The minimum Gasteiger partial charge on any atom is -0.485 e. The van der Waals surface area contributed by atoms with Crippen molar-refractivity contribution in [1.29, 1.82) is 0 Å². The van der Waals surface area contributed by atoms with Crippen LogP contribution in [0.25, 0.3) is 0 Å². The van der Waals surface area contributed by atoms with E-state index in [0.29, 0.717) is 18.0 Å². The third-order valence-corrected chi connectivity index (χ3v) is 6.48. The summed E-state index contributed by atoms with van der Waals surface area (Å²) in [6.07, 6.45) is 3.72. The van der Waals surface area contributed by atoms with E-state index in [2.05, 4.69) is 0 Å². The van der Waals surface area contributed by atoms with Crippen molar-refractivity contribution in [1.82, 2.24) is 4.98 Å². The highest BCUT2D eigenvalue weighted by Crippen LogP contribution is 2.35. The molecule has 3 aromatic rings. The number of hydrogen-bond acceptors (Lipinski definition) is 5. The molecule has 1 aliphatic carbocycles. The van der Waals surface area contributed by atoms with Crippen LogP contribution >= 0.6 is 11.3 Å². The molecule has 0 N–H and O–H groups in total. The van der Waals surface area contributed by atoms with E-state index in [0.717, 1.165) is 29.2 Å². The lowest BCUT2D eigenvalue weighted by atomic mass is 10.0. The topological polar surface area (TPSA) is 51.7 Å². The molecule has 0 bridgehead atoms. The van der Waals surface area contributed by atoms with E-state index in [-0.39, 0.29) is 12.5 Å². The van der Waals surface area contributed by atoms with Crippen molar-refractivity contribution in [2.75, 3.05) is 11.5 Å². The van der Waals surface area contributed by atoms with Gasteiger partial charge < -0.3 is 9.47 Å². The Morgan fingerprint density at radius 3 is 2.62 bits per heavy atom. The molecule has 0 spiro atoms. The molecule has 1 aliphatic heterocycles. The summed E-state index contributed by atoms with van der Waals surface area (Å²) < 4.78 is 11.8. The Morgan fingerprint density at radius 2 is 1.79 bits per heavy atom. The monoisotopic (exact) mass is 406 g/mol. The third kappa shape index (κ3) is 3.72. The molecule has 5 nitrogen and oxygen atoms in total. The smallest absolute Gasteiger partial charge is 0.273 e. The van der Waals surface area contributed by atoms with Crippen molar-refractivity contribution < 1.29 is 14.3 Å². The quantitative estimate of drug-likeness (QED) is 0.645. The summed E-state index contributed by atoms with van der Waals surface area (Å²) in [6.45, 7) is 0.666. The summed E-state index contributed by atoms with van der Waals surface area (Å²) in [5.74, 6) is 1.17. The maximum absolute atomic E-state index is 13.5. The molecule has 6 heteroatoms. The molecule has 2 heterocycles. The number of rotatable bonds is 4. The zero-order valence-corrected chi connectivity index (χ0v) is 16.9. The zero-order chi connectivity index (χ0) is 19.6. The highest BCUT2D eigenvalue weighted by atomic mass is 32.1. The van der Waals surface area contributed by atoms with Gasteiger partial charge in [-0.2, -0.15) is 0 Å². The molecule has 0 saturated carbocycles. The SMILES string of the molecule is O=C([C@H]1COc2ccccc2O1)N(Cc1ccccc1)c1nc2c(s1)CCCC2. The van der Waals surface area contributed by atoms with Gasteiger partial charge in [0.1, 0.15) is 6.61 Å². The number of para-hydroxylation sites is 2. The first-order valence-corrected chi connectivity index (χ1v) is 10.8. The van der Waals surface area contributed by atoms with Gasteiger partial charge in [0.15, 0.2) is 16.6 Å². The Balaban J connectivity index is 1.45. The molecular formula is C23H22N2O3S. The Bertz CT molecular complexity index is 994. The molecule has 1 aromatic heterocycles. The number of benzene rings is 2. The molecule has 1 atom stereocenters. The molecule has 5 rings (SSSR count). The summed E-state index contributed by atoms with van der Waals surface area (Å²) in [4.78, 5) is 21.4. The van der Waals surface area contributed by atoms with Crippen LogP contribution in [0.1, 0.15) is 29.0 Å². The zero-order valence-electron chi connectivity index (χ0n) is 16.0. The predicted molar refractivity (Wildman–Crippen MR) is 113 cm³/mol. The summed E-state index contributed by atoms with van der Waals surface area (Å²) in [5, 5.41) is 0.758. The van der Waals surface area contributed by atoms with E-state index in [1.807, 2.05) is 54.6 Å². The molecule has 2 aliphatic rings. The van der Waals surface area contributed by atoms with E-state index in [4.69, 9.17) is 14.5 Å². The fourth-order valence-corrected chi connectivity index (χ4v) is 4.93. The van der Waals surface area contributed by atoms with Crippen molar-refractivity contribution in [3.63, 3.8) is 0 Å². The number of hydrogen-bond donors (Lipinski definition) is 0. The number of anilines is 1. The molecule has 0 radical (unpaired) electrons. The van der Waals surface area contributed by atoms with Crippen LogP contribution in [0.4, 0.5) is 5.13 Å². The van der Waals surface area contributed by atoms with Gasteiger partial charge in [0.05, 0.1) is 12.2 Å². The number of aryl methyl sites for hydroxylation is 2. The van der Waals surface area contributed by atoms with Crippen molar-refractivity contribution in [3.05, 3.63) is 70.7 Å². The average molecular weight is 407 g/mol. The second-order valence-electron chi connectivity index (χ2n) is 7.35. The number of carbonyl (C=O) groups excluding carboxylic acids is 1. The predicted octanol–water partition coefficient (Wildman–Crippen LogP) is 4.40. The lowest BCUT2D eigenvalue weighted by molar-refractivity contribution is -0.127. The number of aromatic nitrogens is 1. The maximum atomic E-state index is 13.5. The van der Waals surface area contributed by atoms with Gasteiger partial charge in [0.25, 0.3) is 5.91 Å². The van der Waals surface area contributed by atoms with E-state index in [1.54, 1.807) is 16.2 Å². The van der Waals surface area contributed by atoms with Gasteiger partial charge in [0.2, 0.25) is 6.10 Å². The van der Waals surface area contributed by atoms with E-state index in [1.165, 1.54) is 17.7 Å². The van der Waals surface area contributed by atoms with Crippen LogP contribution in [-0.4, -0.2) is 23.6 Å². The van der Waals surface area contributed by atoms with Gasteiger partial charge in [-0.05, 0) is 43.4 Å². The number of ether oxygens (including phenoxy) is 2. The molecule has 1 amide bonds. The molecule has 0 fully saturated rings. The Kier molecular flexibility index (Phi) is 4.94. The van der Waals surface area contributed by atoms with Crippen LogP contribution in [0, 0.1) is 0 Å². The summed E-state index contributed by atoms with van der Waals surface area (Å²) in [7, 11) is 0. The molecule has 0 unspecified atom stereocenters. The lowest BCUT2D eigenvalue weighted by Crippen LogP contribution is -2.46. The van der Waals surface area contributed by atoms with Crippen molar-refractivity contribution in [2.24, 2.45) is 0 Å². The van der Waals surface area contributed by atoms with Gasteiger partial charge in [-0.3, -0.25) is 9.69 Å². The molecule has 2 aromatic carbocycles. The van der Waals surface area contributed by atoms with Crippen LogP contribution in [0.3, 0.4) is 0 Å². The first-order chi connectivity index (χ1) is 14.3. The summed E-state index contributed by atoms with van der Waals surface area (Å²) >= 11 is 1.64. The van der Waals surface area contributed by atoms with E-state index in [9.17, 15) is 4.79 Å². The first-order valence-electron chi connectivity index (χ1n) is 10.0. The van der Waals surface area contributed by atoms with Crippen molar-refractivity contribution in [2.45, 2.75) is 38.3 Å². The number of thiazole rings is 1. The Hall–Kier alpha value is -2.86. The number of fused-ring (bicyclic) bond motifs is 2. The third-order valence-electron chi connectivity index (χ3n) is 5.30. The molecule has 0 saturated heterocycles. The molecular weight excluding hydrogens is 384 g/mol. The highest BCUT2D eigenvalue weighted by Gasteiger charge is 2.33. The molecule has 148 valence electrons. The second kappa shape index (κ2) is 7.87. The normalized spacial score (nSPS) is 17.4. The maximum Gasteiger partial charge on any atom is 0.273 e. The Labute approximate surface area is 173 Å². The van der Waals surface area contributed by atoms with Crippen LogP contribution in [-0.2, 0) is 24.2 Å². The molecule has 29 heavy (non-hydrogen) atoms. The van der Waals surface area contributed by atoms with Gasteiger partial charge in [-0.1, -0.05) is 42.5 Å². The first kappa shape index (κ1) is 18.2. The number of carbonyl (C=O) groups is 1. The number of nitrogens with zero attached hydrogens (tertiary/aromatic N) is 2. The van der Waals surface area contributed by atoms with Gasteiger partial charge in [-0.15, -0.1) is 11.3 Å². The van der Waals surface area contributed by atoms with Gasteiger partial charge >= 0.3 is 0 Å². The van der Waals surface area contributed by atoms with Crippen LogP contribution in [0.15, 0.2) is 54.6 Å². The fraction of sp³-hybridized carbons (Fsp3) is 0.304. The standard InChI is InChI=1S/C23H22N2O3S/c26-22(20-15-27-18-11-5-6-12-19(18)28-20)25(14-16-8-2-1-3-9-16)23-24-17-10-4-7-13-21(17)29-23/h1-3,5-6,8-9,11-12,20H,4,7,10,13-15H2/t20-/m1/s1. The van der Waals surface area contributed by atoms with Crippen LogP contribution < -0.4 is 14.4 Å². The van der Waals surface area contributed by atoms with Crippen molar-refractivity contribution in [3.8, 4) is 11.5 Å². The van der Waals surface area contributed by atoms with Gasteiger partial charge in [0, 0.05) is 4.88 Å². The van der Waals surface area contributed by atoms with E-state index >= 15 is 0 Å². The minimum absolute atomic E-state index is 0.116. The van der Waals surface area contributed by atoms with E-state index < -0.39 is 6.10 Å². The second-order valence-corrected chi connectivity index (χ2v) is 8.41. The summed E-state index contributed by atoms with van der Waals surface area (Å²) in [6, 6.07) is 17.5. The fourth-order valence-electron chi connectivity index (χ4n) is 3.77. The lowest BCUT2D eigenvalue weighted by Gasteiger charge is -2.29. The highest BCUT2D eigenvalue weighted by molar-refractivity contribution is 7.15. The summed E-state index contributed by atoms with van der Waals surface area (Å²) in [5.41, 5.74) is 2.21. The minimum atomic E-state index is -0.686. The van der Waals surface area contributed by atoms with Crippen LogP contribution in [0.2, 0.25) is 0 Å². The number of amides is 1. The van der Waals surface area contributed by atoms with Crippen molar-refractivity contribution >= 4 is 22.4 Å². The average Bonchev–Trinajstić information content (AvgIpc) is 3.21.